The third-order valence-corrected chi connectivity index (χ3v) is 0.264. The minimum Gasteiger partial charge on any atom is -0.394 e. The lowest BCUT2D eigenvalue weighted by Gasteiger charge is -1.90. The summed E-state index contributed by atoms with van der Waals surface area (Å²) in [5.74, 6) is -0.333. The zero-order chi connectivity index (χ0) is 7.86. The van der Waals surface area contributed by atoms with E-state index in [1.807, 2.05) is 0 Å². The number of rotatable bonds is 1. The molecule has 5 nitrogen and oxygen atoms in total. The average molecular weight is 135 g/mol. The van der Waals surface area contributed by atoms with Gasteiger partial charge in [-0.3, -0.25) is 5.41 Å². The Labute approximate surface area is 53.8 Å². The highest BCUT2D eigenvalue weighted by molar-refractivity contribution is 5.71. The van der Waals surface area contributed by atoms with E-state index in [4.69, 9.17) is 15.6 Å². The van der Waals surface area contributed by atoms with Crippen molar-refractivity contribution in [3.8, 4) is 0 Å². The van der Waals surface area contributed by atoms with Crippen LogP contribution < -0.4 is 11.5 Å². The van der Waals surface area contributed by atoms with Crippen LogP contribution in [0.5, 0.6) is 0 Å². The van der Waals surface area contributed by atoms with Gasteiger partial charge in [-0.15, -0.1) is 0 Å². The summed E-state index contributed by atoms with van der Waals surface area (Å²) in [6.45, 7) is 1.39. The fourth-order valence-electron chi connectivity index (χ4n) is 0. The Kier molecular flexibility index (Phi) is 8.83. The third-order valence-electron chi connectivity index (χ3n) is 0.264. The van der Waals surface area contributed by atoms with Gasteiger partial charge >= 0.3 is 0 Å². The lowest BCUT2D eigenvalue weighted by Crippen LogP contribution is -2.20. The zero-order valence-electron chi connectivity index (χ0n) is 5.33. The number of hydrogen-bond donors (Lipinski definition) is 5. The molecule has 0 rings (SSSR count). The van der Waals surface area contributed by atoms with Gasteiger partial charge in [0.1, 0.15) is 0 Å². The molecule has 0 aromatic heterocycles. The molecule has 1 atom stereocenters. The van der Waals surface area contributed by atoms with E-state index in [2.05, 4.69) is 11.5 Å². The Hall–Kier alpha value is -0.810. The lowest BCUT2D eigenvalue weighted by atomic mass is 10.5. The second-order valence-corrected chi connectivity index (χ2v) is 1.49. The molecule has 5 heteroatoms. The topological polar surface area (TPSA) is 116 Å². The van der Waals surface area contributed by atoms with E-state index >= 15 is 0 Å². The summed E-state index contributed by atoms with van der Waals surface area (Å²) in [5, 5.41) is 22.1. The van der Waals surface area contributed by atoms with E-state index in [9.17, 15) is 0 Å². The summed E-state index contributed by atoms with van der Waals surface area (Å²) in [5.41, 5.74) is 8.94. The maximum Gasteiger partial charge on any atom is 0.183 e. The molecule has 0 saturated heterocycles. The standard InChI is InChI=1S/C3H8O2.CH5N3/c1-3(5)2-4;2-1(3)4/h3-5H,2H2,1H3;(H5,2,3,4). The molecule has 7 N–H and O–H groups in total. The summed E-state index contributed by atoms with van der Waals surface area (Å²) < 4.78 is 0. The second kappa shape index (κ2) is 7.19. The maximum absolute atomic E-state index is 8.11. The van der Waals surface area contributed by atoms with Gasteiger partial charge < -0.3 is 21.7 Å². The summed E-state index contributed by atoms with van der Waals surface area (Å²) in [6.07, 6.45) is -0.560. The zero-order valence-corrected chi connectivity index (χ0v) is 5.33. The highest BCUT2D eigenvalue weighted by Crippen LogP contribution is 1.68. The predicted molar refractivity (Wildman–Crippen MR) is 34.9 cm³/mol. The van der Waals surface area contributed by atoms with E-state index in [1.165, 1.54) is 6.92 Å². The molecule has 0 bridgehead atoms. The Balaban J connectivity index is 0. The summed E-state index contributed by atoms with van der Waals surface area (Å²) in [6, 6.07) is 0. The van der Waals surface area contributed by atoms with E-state index < -0.39 is 6.10 Å². The fourth-order valence-corrected chi connectivity index (χ4v) is 0. The van der Waals surface area contributed by atoms with Crippen molar-refractivity contribution in [3.63, 3.8) is 0 Å². The third kappa shape index (κ3) is 137. The molecule has 1 unspecified atom stereocenters. The molecule has 56 valence electrons. The van der Waals surface area contributed by atoms with Crippen LogP contribution in [0.1, 0.15) is 6.92 Å². The first-order valence-electron chi connectivity index (χ1n) is 2.39. The van der Waals surface area contributed by atoms with Crippen LogP contribution in [0.25, 0.3) is 0 Å². The van der Waals surface area contributed by atoms with Gasteiger partial charge in [-0.2, -0.15) is 0 Å². The minimum atomic E-state index is -0.560. The molecular weight excluding hydrogens is 122 g/mol. The normalized spacial score (nSPS) is 11.0. The Morgan fingerprint density at radius 3 is 1.78 bits per heavy atom. The quantitative estimate of drug-likeness (QED) is 0.215. The van der Waals surface area contributed by atoms with Gasteiger partial charge in [-0.1, -0.05) is 0 Å². The van der Waals surface area contributed by atoms with Crippen molar-refractivity contribution in [1.29, 1.82) is 5.41 Å². The van der Waals surface area contributed by atoms with Gasteiger partial charge in [0.05, 0.1) is 12.7 Å². The number of aliphatic hydroxyl groups excluding tert-OH is 2. The van der Waals surface area contributed by atoms with Crippen molar-refractivity contribution in [2.24, 2.45) is 11.5 Å². The number of aliphatic hydroxyl groups is 2. The molecule has 0 aromatic rings. The predicted octanol–water partition coefficient (Wildman–Crippen LogP) is -1.80. The molecular formula is C4H13N3O2. The minimum absolute atomic E-state index is 0.139. The maximum atomic E-state index is 8.11. The van der Waals surface area contributed by atoms with E-state index in [0.717, 1.165) is 0 Å². The van der Waals surface area contributed by atoms with Crippen LogP contribution in [0.2, 0.25) is 0 Å². The largest absolute Gasteiger partial charge is 0.394 e. The fraction of sp³-hybridized carbons (Fsp3) is 0.750. The SMILES string of the molecule is CC(O)CO.N=C(N)N. The lowest BCUT2D eigenvalue weighted by molar-refractivity contribution is 0.110. The second-order valence-electron chi connectivity index (χ2n) is 1.49. The van der Waals surface area contributed by atoms with Gasteiger partial charge in [0.2, 0.25) is 0 Å². The molecule has 0 heterocycles. The number of nitrogens with one attached hydrogen (secondary N) is 1. The first-order valence-corrected chi connectivity index (χ1v) is 2.39. The Bertz CT molecular complexity index is 70.2. The molecule has 0 aromatic carbocycles. The molecule has 0 aliphatic rings. The van der Waals surface area contributed by atoms with Crippen LogP contribution in [0.3, 0.4) is 0 Å². The molecule has 0 aliphatic carbocycles. The van der Waals surface area contributed by atoms with Crippen molar-refractivity contribution in [3.05, 3.63) is 0 Å². The molecule has 0 fully saturated rings. The van der Waals surface area contributed by atoms with Crippen molar-refractivity contribution in [2.45, 2.75) is 13.0 Å². The van der Waals surface area contributed by atoms with E-state index in [0.29, 0.717) is 0 Å². The summed E-state index contributed by atoms with van der Waals surface area (Å²) in [4.78, 5) is 0. The molecule has 0 radical (unpaired) electrons. The van der Waals surface area contributed by atoms with Crippen LogP contribution in [0.15, 0.2) is 0 Å². The first kappa shape index (κ1) is 11.0. The highest BCUT2D eigenvalue weighted by atomic mass is 16.3. The molecule has 9 heavy (non-hydrogen) atoms. The van der Waals surface area contributed by atoms with Crippen molar-refractivity contribution < 1.29 is 10.2 Å². The molecule has 0 aliphatic heterocycles. The number of guanidine groups is 1. The number of hydrogen-bond acceptors (Lipinski definition) is 3. The van der Waals surface area contributed by atoms with Gasteiger partial charge in [0, 0.05) is 0 Å². The van der Waals surface area contributed by atoms with Gasteiger partial charge in [0.15, 0.2) is 5.96 Å². The smallest absolute Gasteiger partial charge is 0.183 e. The van der Waals surface area contributed by atoms with Gasteiger partial charge in [-0.25, -0.2) is 0 Å². The van der Waals surface area contributed by atoms with Crippen molar-refractivity contribution >= 4 is 5.96 Å². The summed E-state index contributed by atoms with van der Waals surface area (Å²) >= 11 is 0. The van der Waals surface area contributed by atoms with E-state index in [1.54, 1.807) is 0 Å². The Morgan fingerprint density at radius 2 is 1.78 bits per heavy atom. The van der Waals surface area contributed by atoms with Crippen LogP contribution in [-0.4, -0.2) is 28.9 Å². The first-order chi connectivity index (χ1) is 4.00. The van der Waals surface area contributed by atoms with Crippen LogP contribution in [-0.2, 0) is 0 Å². The average Bonchev–Trinajstić information content (AvgIpc) is 1.65. The van der Waals surface area contributed by atoms with Crippen LogP contribution >= 0.6 is 0 Å². The van der Waals surface area contributed by atoms with Crippen LogP contribution in [0.4, 0.5) is 0 Å². The van der Waals surface area contributed by atoms with Gasteiger partial charge in [0.25, 0.3) is 0 Å². The van der Waals surface area contributed by atoms with Crippen molar-refractivity contribution in [1.82, 2.24) is 0 Å². The Morgan fingerprint density at radius 1 is 1.67 bits per heavy atom. The summed E-state index contributed by atoms with van der Waals surface area (Å²) in [7, 11) is 0. The van der Waals surface area contributed by atoms with Crippen LogP contribution in [0, 0.1) is 5.41 Å². The number of nitrogens with two attached hydrogens (primary N) is 2. The highest BCUT2D eigenvalue weighted by Gasteiger charge is 1.83. The molecule has 0 amide bonds. The molecule has 0 saturated carbocycles. The van der Waals surface area contributed by atoms with Crippen molar-refractivity contribution in [2.75, 3.05) is 6.61 Å². The van der Waals surface area contributed by atoms with E-state index in [-0.39, 0.29) is 12.6 Å². The van der Waals surface area contributed by atoms with Gasteiger partial charge in [-0.05, 0) is 6.92 Å². The molecule has 0 spiro atoms. The monoisotopic (exact) mass is 135 g/mol.